The minimum Gasteiger partial charge on any atom is -0.429 e. The van der Waals surface area contributed by atoms with E-state index in [0.717, 1.165) is 97.2 Å². The van der Waals surface area contributed by atoms with E-state index >= 15 is 0 Å². The number of hydrogen-bond acceptors (Lipinski definition) is 2. The van der Waals surface area contributed by atoms with Crippen molar-refractivity contribution in [2.45, 2.75) is 147 Å². The number of ether oxygens (including phenoxy) is 2. The van der Waals surface area contributed by atoms with Crippen LogP contribution in [0.25, 0.3) is 0 Å². The van der Waals surface area contributed by atoms with Gasteiger partial charge in [0.2, 0.25) is 0 Å². The Morgan fingerprint density at radius 3 is 1.02 bits per heavy atom. The molecule has 0 N–H and O–H groups in total. The highest BCUT2D eigenvalue weighted by Gasteiger charge is 2.37. The van der Waals surface area contributed by atoms with Crippen LogP contribution >= 0.6 is 0 Å². The van der Waals surface area contributed by atoms with Crippen LogP contribution in [0.1, 0.15) is 155 Å². The van der Waals surface area contributed by atoms with E-state index in [-0.39, 0.29) is 22.6 Å². The molecule has 0 atom stereocenters. The Morgan fingerprint density at radius 1 is 0.393 bits per heavy atom. The second-order valence-electron chi connectivity index (χ2n) is 16.6. The van der Waals surface area contributed by atoms with Gasteiger partial charge in [-0.05, 0) is 159 Å². The van der Waals surface area contributed by atoms with Gasteiger partial charge in [0.1, 0.15) is 11.5 Å². The number of rotatable bonds is 15. The minimum atomic E-state index is -4.52. The smallest absolute Gasteiger partial charge is 0.426 e. The molecule has 0 bridgehead atoms. The Hall–Kier alpha value is -4.22. The van der Waals surface area contributed by atoms with Gasteiger partial charge in [-0.2, -0.15) is 43.9 Å². The highest BCUT2D eigenvalue weighted by Crippen LogP contribution is 2.42. The third-order valence-corrected chi connectivity index (χ3v) is 12.2. The van der Waals surface area contributed by atoms with E-state index in [2.05, 4.69) is 13.8 Å². The molecular weight excluding hydrogens is 811 g/mol. The summed E-state index contributed by atoms with van der Waals surface area (Å²) < 4.78 is 143. The van der Waals surface area contributed by atoms with Gasteiger partial charge >= 0.3 is 24.6 Å². The summed E-state index contributed by atoms with van der Waals surface area (Å²) in [6.45, 7) is 4.41. The summed E-state index contributed by atoms with van der Waals surface area (Å²) in [4.78, 5) is 0. The van der Waals surface area contributed by atoms with E-state index in [0.29, 0.717) is 11.8 Å². The van der Waals surface area contributed by atoms with Crippen LogP contribution in [0.15, 0.2) is 97.1 Å². The average Bonchev–Trinajstić information content (AvgIpc) is 3.23. The molecule has 0 spiro atoms. The molecule has 2 nitrogen and oxygen atoms in total. The van der Waals surface area contributed by atoms with Crippen LogP contribution in [-0.4, -0.2) is 0 Å². The molecule has 0 heterocycles. The van der Waals surface area contributed by atoms with Crippen molar-refractivity contribution >= 4 is 0 Å². The summed E-state index contributed by atoms with van der Waals surface area (Å²) in [5, 5.41) is 0. The Bertz CT molecular complexity index is 1870. The van der Waals surface area contributed by atoms with Crippen molar-refractivity contribution in [1.29, 1.82) is 0 Å². The van der Waals surface area contributed by atoms with E-state index in [4.69, 9.17) is 9.47 Å². The predicted octanol–water partition coefficient (Wildman–Crippen LogP) is 17.0. The first kappa shape index (κ1) is 47.8. The molecule has 2 aliphatic carbocycles. The van der Waals surface area contributed by atoms with Gasteiger partial charge in [0.25, 0.3) is 0 Å². The van der Waals surface area contributed by atoms with Crippen LogP contribution in [0.4, 0.5) is 43.9 Å². The lowest BCUT2D eigenvalue weighted by atomic mass is 9.77. The van der Waals surface area contributed by atoms with E-state index in [1.807, 2.05) is 0 Å². The van der Waals surface area contributed by atoms with Crippen LogP contribution in [0.2, 0.25) is 0 Å². The van der Waals surface area contributed by atoms with Crippen LogP contribution in [-0.2, 0) is 24.6 Å². The summed E-state index contributed by atoms with van der Waals surface area (Å²) in [6.07, 6.45) is 1.56. The molecule has 2 saturated carbocycles. The number of benzene rings is 4. The summed E-state index contributed by atoms with van der Waals surface area (Å²) in [7, 11) is 0. The second-order valence-corrected chi connectivity index (χ2v) is 16.6. The molecule has 0 saturated heterocycles. The fourth-order valence-electron chi connectivity index (χ4n) is 8.48. The molecule has 12 heteroatoms. The van der Waals surface area contributed by atoms with Crippen LogP contribution in [0.3, 0.4) is 0 Å². The molecule has 61 heavy (non-hydrogen) atoms. The summed E-state index contributed by atoms with van der Waals surface area (Å²) >= 11 is 0. The van der Waals surface area contributed by atoms with Gasteiger partial charge in [0.15, 0.2) is 0 Å². The van der Waals surface area contributed by atoms with Gasteiger partial charge in [-0.1, -0.05) is 83.1 Å². The standard InChI is InChI=1S/C25H29F5O.C24H27F5O/c1-2-3-4-5-18-6-8-19(9-7-18)20-10-12-22(13-11-20)25(29,30)31-23-16-14-21(15-17-23)24(26,27)28;1-2-3-4-17-5-7-18(8-6-17)19-9-11-21(12-10-19)24(28,29)30-22-15-13-20(14-16-22)23(25,26)27/h10-19H,2-9H2,1H3;9-18H,2-8H2,1H3. The summed E-state index contributed by atoms with van der Waals surface area (Å²) in [5.74, 6) is 1.71. The number of unbranched alkanes of at least 4 members (excludes halogenated alkanes) is 3. The van der Waals surface area contributed by atoms with Crippen molar-refractivity contribution in [3.8, 4) is 11.5 Å². The van der Waals surface area contributed by atoms with Gasteiger partial charge < -0.3 is 9.47 Å². The molecule has 4 aromatic carbocycles. The zero-order chi connectivity index (χ0) is 44.3. The fraction of sp³-hybridized carbons (Fsp3) is 0.510. The molecule has 2 aliphatic rings. The zero-order valence-corrected chi connectivity index (χ0v) is 34.7. The van der Waals surface area contributed by atoms with Gasteiger partial charge in [-0.15, -0.1) is 0 Å². The second kappa shape index (κ2) is 21.2. The topological polar surface area (TPSA) is 18.5 Å². The zero-order valence-electron chi connectivity index (χ0n) is 34.7. The third kappa shape index (κ3) is 14.1. The Kier molecular flexibility index (Phi) is 16.6. The van der Waals surface area contributed by atoms with Crippen molar-refractivity contribution in [1.82, 2.24) is 0 Å². The van der Waals surface area contributed by atoms with E-state index in [9.17, 15) is 43.9 Å². The normalized spacial score (nSPS) is 20.1. The largest absolute Gasteiger partial charge is 0.429 e. The molecule has 0 aromatic heterocycles. The van der Waals surface area contributed by atoms with Crippen LogP contribution in [0.5, 0.6) is 11.5 Å². The quantitative estimate of drug-likeness (QED) is 0.0875. The van der Waals surface area contributed by atoms with Crippen LogP contribution in [0, 0.1) is 11.8 Å². The SMILES string of the molecule is CCCCC1CCC(c2ccc(C(F)(F)Oc3ccc(C(F)(F)F)cc3)cc2)CC1.CCCCCC1CCC(c2ccc(C(F)(F)Oc3ccc(C(F)(F)F)cc3)cc2)CC1. The summed E-state index contributed by atoms with van der Waals surface area (Å²) in [5.41, 5.74) is -0.342. The van der Waals surface area contributed by atoms with Crippen molar-refractivity contribution in [2.75, 3.05) is 0 Å². The molecular formula is C49H56F10O2. The monoisotopic (exact) mass is 866 g/mol. The predicted molar refractivity (Wildman–Crippen MR) is 218 cm³/mol. The first-order chi connectivity index (χ1) is 28.9. The van der Waals surface area contributed by atoms with Crippen molar-refractivity contribution in [3.05, 3.63) is 130 Å². The lowest BCUT2D eigenvalue weighted by Crippen LogP contribution is -2.22. The van der Waals surface area contributed by atoms with E-state index in [1.165, 1.54) is 94.9 Å². The number of halogens is 10. The van der Waals surface area contributed by atoms with Crippen LogP contribution < -0.4 is 9.47 Å². The highest BCUT2D eigenvalue weighted by atomic mass is 19.4. The third-order valence-electron chi connectivity index (χ3n) is 12.2. The first-order valence-corrected chi connectivity index (χ1v) is 21.6. The lowest BCUT2D eigenvalue weighted by Gasteiger charge is -2.29. The molecule has 4 aromatic rings. The van der Waals surface area contributed by atoms with Gasteiger partial charge in [0.05, 0.1) is 22.3 Å². The lowest BCUT2D eigenvalue weighted by molar-refractivity contribution is -0.186. The molecule has 0 unspecified atom stereocenters. The van der Waals surface area contributed by atoms with Crippen molar-refractivity contribution in [2.24, 2.45) is 11.8 Å². The first-order valence-electron chi connectivity index (χ1n) is 21.6. The van der Waals surface area contributed by atoms with Crippen molar-refractivity contribution < 1.29 is 53.4 Å². The van der Waals surface area contributed by atoms with Gasteiger partial charge in [-0.3, -0.25) is 0 Å². The number of hydrogen-bond donors (Lipinski definition) is 0. The Balaban J connectivity index is 0.000000231. The Labute approximate surface area is 353 Å². The van der Waals surface area contributed by atoms with E-state index in [1.54, 1.807) is 24.3 Å². The van der Waals surface area contributed by atoms with E-state index < -0.39 is 35.7 Å². The number of alkyl halides is 10. The summed E-state index contributed by atoms with van der Waals surface area (Å²) in [6, 6.07) is 18.8. The minimum absolute atomic E-state index is 0.315. The molecule has 334 valence electrons. The maximum atomic E-state index is 14.5. The highest BCUT2D eigenvalue weighted by molar-refractivity contribution is 5.33. The van der Waals surface area contributed by atoms with Gasteiger partial charge in [0, 0.05) is 0 Å². The Morgan fingerprint density at radius 2 is 0.705 bits per heavy atom. The molecule has 2 fully saturated rings. The molecule has 6 rings (SSSR count). The molecule has 0 aliphatic heterocycles. The maximum Gasteiger partial charge on any atom is 0.426 e. The maximum absolute atomic E-state index is 14.5. The fourth-order valence-corrected chi connectivity index (χ4v) is 8.48. The molecule has 0 radical (unpaired) electrons. The van der Waals surface area contributed by atoms with Gasteiger partial charge in [-0.25, -0.2) is 0 Å². The molecule has 0 amide bonds. The average molecular weight is 867 g/mol. The van der Waals surface area contributed by atoms with Crippen molar-refractivity contribution in [3.63, 3.8) is 0 Å².